The maximum absolute atomic E-state index is 6.23. The van der Waals surface area contributed by atoms with E-state index in [0.717, 1.165) is 36.8 Å². The topological polar surface area (TPSA) is 29.9 Å². The Morgan fingerprint density at radius 2 is 2.00 bits per heavy atom. The molecule has 1 heterocycles. The van der Waals surface area contributed by atoms with Gasteiger partial charge >= 0.3 is 0 Å². The number of benzene rings is 1. The number of halogens is 1. The number of nitrogens with one attached hydrogen (secondary N) is 1. The molecule has 0 saturated heterocycles. The molecule has 0 aliphatic rings. The van der Waals surface area contributed by atoms with Crippen LogP contribution in [0.2, 0.25) is 5.02 Å². The largest absolute Gasteiger partial charge is 0.313 e. The molecule has 0 aliphatic heterocycles. The predicted octanol–water partition coefficient (Wildman–Crippen LogP) is 4.34. The van der Waals surface area contributed by atoms with Crippen molar-refractivity contribution in [2.24, 2.45) is 0 Å². The van der Waals surface area contributed by atoms with Crippen LogP contribution in [0.1, 0.15) is 37.2 Å². The monoisotopic (exact) mass is 305 g/mol. The van der Waals surface area contributed by atoms with E-state index >= 15 is 0 Å². The van der Waals surface area contributed by atoms with Gasteiger partial charge in [0.2, 0.25) is 0 Å². The number of hydrogen-bond donors (Lipinski definition) is 1. The summed E-state index contributed by atoms with van der Waals surface area (Å²) in [6.07, 6.45) is 1.08. The van der Waals surface area contributed by atoms with Crippen molar-refractivity contribution >= 4 is 11.6 Å². The molecule has 0 bridgehead atoms. The van der Waals surface area contributed by atoms with E-state index in [1.807, 2.05) is 6.07 Å². The van der Waals surface area contributed by atoms with Crippen LogP contribution in [0, 0.1) is 13.8 Å². The Hall–Kier alpha value is -1.32. The van der Waals surface area contributed by atoms with Gasteiger partial charge in [-0.25, -0.2) is 0 Å². The van der Waals surface area contributed by atoms with Crippen LogP contribution in [0.25, 0.3) is 11.1 Å². The first-order valence-corrected chi connectivity index (χ1v) is 7.99. The van der Waals surface area contributed by atoms with E-state index in [-0.39, 0.29) is 0 Å². The summed E-state index contributed by atoms with van der Waals surface area (Å²) in [6, 6.07) is 6.12. The Bertz CT molecular complexity index is 617. The highest BCUT2D eigenvalue weighted by atomic mass is 35.5. The highest BCUT2D eigenvalue weighted by Gasteiger charge is 2.16. The van der Waals surface area contributed by atoms with Gasteiger partial charge in [0.15, 0.2) is 0 Å². The first-order chi connectivity index (χ1) is 10.1. The molecule has 3 nitrogen and oxygen atoms in total. The summed E-state index contributed by atoms with van der Waals surface area (Å²) >= 11 is 6.23. The van der Waals surface area contributed by atoms with E-state index in [2.05, 4.69) is 54.9 Å². The first kappa shape index (κ1) is 16.1. The van der Waals surface area contributed by atoms with Gasteiger partial charge in [-0.3, -0.25) is 4.68 Å². The number of aryl methyl sites for hydroxylation is 2. The van der Waals surface area contributed by atoms with Crippen LogP contribution >= 0.6 is 11.6 Å². The Morgan fingerprint density at radius 3 is 2.67 bits per heavy atom. The zero-order valence-electron chi connectivity index (χ0n) is 13.3. The quantitative estimate of drug-likeness (QED) is 0.860. The smallest absolute Gasteiger partial charge is 0.0675 e. The Labute approximate surface area is 132 Å². The van der Waals surface area contributed by atoms with Crippen molar-refractivity contribution in [3.8, 4) is 11.1 Å². The summed E-state index contributed by atoms with van der Waals surface area (Å²) in [7, 11) is 0. The van der Waals surface area contributed by atoms with E-state index < -0.39 is 0 Å². The molecule has 0 amide bonds. The summed E-state index contributed by atoms with van der Waals surface area (Å²) in [5.41, 5.74) is 5.97. The molecular formula is C17H24ClN3. The van der Waals surface area contributed by atoms with E-state index in [0.29, 0.717) is 0 Å². The van der Waals surface area contributed by atoms with Crippen molar-refractivity contribution in [1.82, 2.24) is 15.1 Å². The first-order valence-electron chi connectivity index (χ1n) is 7.62. The average molecular weight is 306 g/mol. The maximum atomic E-state index is 6.23. The Morgan fingerprint density at radius 1 is 1.24 bits per heavy atom. The average Bonchev–Trinajstić information content (AvgIpc) is 2.72. The highest BCUT2D eigenvalue weighted by molar-refractivity contribution is 6.30. The van der Waals surface area contributed by atoms with E-state index in [1.54, 1.807) is 0 Å². The second-order valence-corrected chi connectivity index (χ2v) is 5.79. The van der Waals surface area contributed by atoms with Crippen molar-refractivity contribution in [2.75, 3.05) is 6.54 Å². The van der Waals surface area contributed by atoms with Crippen molar-refractivity contribution in [3.63, 3.8) is 0 Å². The standard InChI is InChI=1S/C17H24ClN3/c1-5-9-21-13(4)17(12(3)20-21)16-10-15(18)8-7-14(16)11-19-6-2/h7-8,10,19H,5-6,9,11H2,1-4H3. The van der Waals surface area contributed by atoms with Crippen LogP contribution in [-0.4, -0.2) is 16.3 Å². The molecule has 0 unspecified atom stereocenters. The van der Waals surface area contributed by atoms with Crippen LogP contribution in [0.15, 0.2) is 18.2 Å². The molecule has 0 saturated carbocycles. The minimum atomic E-state index is 0.771. The fourth-order valence-electron chi connectivity index (χ4n) is 2.71. The number of aromatic nitrogens is 2. The minimum Gasteiger partial charge on any atom is -0.313 e. The molecule has 114 valence electrons. The summed E-state index contributed by atoms with van der Waals surface area (Å²) in [5.74, 6) is 0. The third kappa shape index (κ3) is 3.47. The maximum Gasteiger partial charge on any atom is 0.0675 e. The molecule has 21 heavy (non-hydrogen) atoms. The number of rotatable bonds is 6. The van der Waals surface area contributed by atoms with Gasteiger partial charge in [-0.1, -0.05) is 31.5 Å². The second-order valence-electron chi connectivity index (χ2n) is 5.35. The highest BCUT2D eigenvalue weighted by Crippen LogP contribution is 2.32. The van der Waals surface area contributed by atoms with Gasteiger partial charge in [0, 0.05) is 29.4 Å². The lowest BCUT2D eigenvalue weighted by atomic mass is 9.98. The lowest BCUT2D eigenvalue weighted by molar-refractivity contribution is 0.583. The molecule has 0 atom stereocenters. The van der Waals surface area contributed by atoms with Crippen LogP contribution in [0.4, 0.5) is 0 Å². The molecule has 2 aromatic rings. The van der Waals surface area contributed by atoms with Gasteiger partial charge in [0.25, 0.3) is 0 Å². The van der Waals surface area contributed by atoms with Crippen molar-refractivity contribution in [3.05, 3.63) is 40.2 Å². The van der Waals surface area contributed by atoms with Gasteiger partial charge in [-0.2, -0.15) is 5.10 Å². The summed E-state index contributed by atoms with van der Waals surface area (Å²) in [4.78, 5) is 0. The lowest BCUT2D eigenvalue weighted by Crippen LogP contribution is -2.12. The lowest BCUT2D eigenvalue weighted by Gasteiger charge is -2.12. The molecule has 4 heteroatoms. The van der Waals surface area contributed by atoms with Gasteiger partial charge in [-0.15, -0.1) is 0 Å². The van der Waals surface area contributed by atoms with Crippen molar-refractivity contribution in [2.45, 2.75) is 47.2 Å². The molecule has 0 aliphatic carbocycles. The zero-order chi connectivity index (χ0) is 15.4. The second kappa shape index (κ2) is 7.10. The van der Waals surface area contributed by atoms with Gasteiger partial charge in [-0.05, 0) is 50.1 Å². The van der Waals surface area contributed by atoms with E-state index in [1.165, 1.54) is 22.4 Å². The molecule has 1 aromatic carbocycles. The van der Waals surface area contributed by atoms with Gasteiger partial charge < -0.3 is 5.32 Å². The summed E-state index contributed by atoms with van der Waals surface area (Å²) < 4.78 is 2.10. The van der Waals surface area contributed by atoms with Gasteiger partial charge in [0.05, 0.1) is 5.69 Å². The Kier molecular flexibility index (Phi) is 5.43. The molecular weight excluding hydrogens is 282 g/mol. The summed E-state index contributed by atoms with van der Waals surface area (Å²) in [5, 5.41) is 8.85. The van der Waals surface area contributed by atoms with Crippen molar-refractivity contribution in [1.29, 1.82) is 0 Å². The SMILES string of the molecule is CCCn1nc(C)c(-c2cc(Cl)ccc2CNCC)c1C. The van der Waals surface area contributed by atoms with Crippen LogP contribution in [0.3, 0.4) is 0 Å². The molecule has 0 radical (unpaired) electrons. The normalized spacial score (nSPS) is 11.1. The van der Waals surface area contributed by atoms with Gasteiger partial charge in [0.1, 0.15) is 0 Å². The molecule has 0 fully saturated rings. The predicted molar refractivity (Wildman–Crippen MR) is 89.8 cm³/mol. The number of hydrogen-bond acceptors (Lipinski definition) is 2. The van der Waals surface area contributed by atoms with Crippen LogP contribution in [0.5, 0.6) is 0 Å². The molecule has 1 N–H and O–H groups in total. The third-order valence-electron chi connectivity index (χ3n) is 3.72. The summed E-state index contributed by atoms with van der Waals surface area (Å²) in [6.45, 7) is 11.3. The van der Waals surface area contributed by atoms with E-state index in [4.69, 9.17) is 11.6 Å². The molecule has 1 aromatic heterocycles. The third-order valence-corrected chi connectivity index (χ3v) is 3.96. The number of nitrogens with zero attached hydrogens (tertiary/aromatic N) is 2. The molecule has 0 spiro atoms. The minimum absolute atomic E-state index is 0.771. The van der Waals surface area contributed by atoms with Crippen LogP contribution in [-0.2, 0) is 13.1 Å². The zero-order valence-corrected chi connectivity index (χ0v) is 14.1. The Balaban J connectivity index is 2.52. The fourth-order valence-corrected chi connectivity index (χ4v) is 2.88. The molecule has 2 rings (SSSR count). The fraction of sp³-hybridized carbons (Fsp3) is 0.471. The van der Waals surface area contributed by atoms with Crippen LogP contribution < -0.4 is 5.32 Å². The van der Waals surface area contributed by atoms with E-state index in [9.17, 15) is 0 Å². The van der Waals surface area contributed by atoms with Crippen molar-refractivity contribution < 1.29 is 0 Å².